The second-order valence-corrected chi connectivity index (χ2v) is 7.72. The van der Waals surface area contributed by atoms with Gasteiger partial charge in [-0.1, -0.05) is 0 Å². The van der Waals surface area contributed by atoms with Crippen LogP contribution < -0.4 is 9.80 Å². The number of hydrogen-bond donors (Lipinski definition) is 0. The zero-order chi connectivity index (χ0) is 20.4. The van der Waals surface area contributed by atoms with E-state index in [9.17, 15) is 18.0 Å². The topological polar surface area (TPSA) is 23.6 Å². The summed E-state index contributed by atoms with van der Waals surface area (Å²) in [4.78, 5) is 16.0. The average molecular weight is 372 g/mol. The summed E-state index contributed by atoms with van der Waals surface area (Å²) in [6.45, 7) is 15.5. The van der Waals surface area contributed by atoms with Crippen LogP contribution in [0.2, 0.25) is 0 Å². The molecule has 1 aromatic rings. The first kappa shape index (κ1) is 22.3. The minimum absolute atomic E-state index is 0.0352. The molecule has 3 nitrogen and oxygen atoms in total. The molecule has 0 unspecified atom stereocenters. The molecular weight excluding hydrogens is 341 g/mol. The highest BCUT2D eigenvalue weighted by Crippen LogP contribution is 2.34. The minimum Gasteiger partial charge on any atom is -0.367 e. The Kier molecular flexibility index (Phi) is 7.14. The molecule has 0 saturated carbocycles. The van der Waals surface area contributed by atoms with Gasteiger partial charge in [-0.05, 0) is 73.6 Å². The first-order valence-corrected chi connectivity index (χ1v) is 9.11. The summed E-state index contributed by atoms with van der Waals surface area (Å²) in [5, 5.41) is 0. The third-order valence-corrected chi connectivity index (χ3v) is 4.28. The van der Waals surface area contributed by atoms with Gasteiger partial charge in [0, 0.05) is 35.5 Å². The molecule has 0 aromatic heterocycles. The number of halogens is 3. The van der Waals surface area contributed by atoms with E-state index in [-0.39, 0.29) is 29.7 Å². The van der Waals surface area contributed by atoms with Crippen LogP contribution in [0.3, 0.4) is 0 Å². The smallest absolute Gasteiger partial charge is 0.367 e. The summed E-state index contributed by atoms with van der Waals surface area (Å²) in [5.41, 5.74) is 0.663. The van der Waals surface area contributed by atoms with E-state index in [1.54, 1.807) is 12.1 Å². The number of benzene rings is 1. The number of alkyl halides is 3. The largest absolute Gasteiger partial charge is 0.454 e. The Morgan fingerprint density at radius 3 is 1.58 bits per heavy atom. The first-order chi connectivity index (χ1) is 11.8. The molecule has 0 aliphatic heterocycles. The van der Waals surface area contributed by atoms with Gasteiger partial charge in [-0.25, -0.2) is 0 Å². The van der Waals surface area contributed by atoms with Crippen molar-refractivity contribution in [2.75, 3.05) is 9.80 Å². The van der Waals surface area contributed by atoms with Crippen LogP contribution in [0.15, 0.2) is 18.2 Å². The van der Waals surface area contributed by atoms with E-state index in [1.165, 1.54) is 6.07 Å². The van der Waals surface area contributed by atoms with E-state index in [1.807, 2.05) is 65.2 Å². The van der Waals surface area contributed by atoms with Gasteiger partial charge in [0.2, 0.25) is 0 Å². The summed E-state index contributed by atoms with van der Waals surface area (Å²) >= 11 is 0. The summed E-state index contributed by atoms with van der Waals surface area (Å²) in [6, 6.07) is 4.97. The normalized spacial score (nSPS) is 12.4. The molecule has 0 saturated heterocycles. The van der Waals surface area contributed by atoms with Gasteiger partial charge >= 0.3 is 6.18 Å². The molecule has 0 bridgehead atoms. The van der Waals surface area contributed by atoms with Crippen molar-refractivity contribution in [3.05, 3.63) is 23.8 Å². The Morgan fingerprint density at radius 1 is 0.808 bits per heavy atom. The highest BCUT2D eigenvalue weighted by molar-refractivity contribution is 6.05. The van der Waals surface area contributed by atoms with Crippen molar-refractivity contribution in [2.45, 2.75) is 85.7 Å². The molecule has 0 aliphatic rings. The van der Waals surface area contributed by atoms with E-state index in [0.29, 0.717) is 11.4 Å². The van der Waals surface area contributed by atoms with Crippen LogP contribution in [0.4, 0.5) is 24.5 Å². The number of Topliss-reactive ketones (excluding diaryl/α,β-unsaturated/α-hetero) is 1. The van der Waals surface area contributed by atoms with Crippen molar-refractivity contribution in [1.29, 1.82) is 0 Å². The number of rotatable bonds is 7. The van der Waals surface area contributed by atoms with Crippen LogP contribution in [0.25, 0.3) is 0 Å². The Morgan fingerprint density at radius 2 is 1.23 bits per heavy atom. The molecule has 1 rings (SSSR count). The van der Waals surface area contributed by atoms with E-state index < -0.39 is 12.0 Å². The van der Waals surface area contributed by atoms with Crippen LogP contribution in [0.1, 0.15) is 65.7 Å². The summed E-state index contributed by atoms with van der Waals surface area (Å²) in [7, 11) is 0. The molecule has 148 valence electrons. The molecule has 0 spiro atoms. The predicted molar refractivity (Wildman–Crippen MR) is 102 cm³/mol. The lowest BCUT2D eigenvalue weighted by molar-refractivity contribution is -0.0884. The van der Waals surface area contributed by atoms with Crippen LogP contribution in [-0.4, -0.2) is 36.1 Å². The fourth-order valence-corrected chi connectivity index (χ4v) is 3.59. The Labute approximate surface area is 155 Å². The van der Waals surface area contributed by atoms with Crippen LogP contribution in [-0.2, 0) is 0 Å². The summed E-state index contributed by atoms with van der Waals surface area (Å²) < 4.78 is 39.7. The second-order valence-electron chi connectivity index (χ2n) is 7.72. The van der Waals surface area contributed by atoms with Crippen molar-refractivity contribution >= 4 is 17.2 Å². The molecule has 0 heterocycles. The van der Waals surface area contributed by atoms with Crippen molar-refractivity contribution < 1.29 is 18.0 Å². The maximum atomic E-state index is 13.2. The number of nitrogens with zero attached hydrogens (tertiary/aromatic N) is 2. The minimum atomic E-state index is -4.91. The van der Waals surface area contributed by atoms with E-state index in [2.05, 4.69) is 0 Å². The number of carbonyl (C=O) groups is 1. The van der Waals surface area contributed by atoms with Gasteiger partial charge in [-0.3, -0.25) is 4.79 Å². The van der Waals surface area contributed by atoms with E-state index >= 15 is 0 Å². The van der Waals surface area contributed by atoms with Gasteiger partial charge in [-0.15, -0.1) is 0 Å². The lowest BCUT2D eigenvalue weighted by atomic mass is 10.0. The zero-order valence-electron chi connectivity index (χ0n) is 17.0. The lowest BCUT2D eigenvalue weighted by Crippen LogP contribution is -2.40. The Hall–Kier alpha value is -1.72. The van der Waals surface area contributed by atoms with E-state index in [0.717, 1.165) is 0 Å². The predicted octanol–water partition coefficient (Wildman–Crippen LogP) is 5.68. The van der Waals surface area contributed by atoms with Crippen molar-refractivity contribution in [1.82, 2.24) is 0 Å². The SMILES string of the molecule is CC(C)N(c1ccc(N(C(C)C)C(C)C)c(C(=O)C(F)(F)F)c1)C(C)C. The maximum absolute atomic E-state index is 13.2. The molecule has 0 amide bonds. The van der Waals surface area contributed by atoms with Crippen molar-refractivity contribution in [2.24, 2.45) is 0 Å². The molecule has 0 radical (unpaired) electrons. The molecule has 0 atom stereocenters. The average Bonchev–Trinajstić information content (AvgIpc) is 2.45. The molecule has 0 N–H and O–H groups in total. The monoisotopic (exact) mass is 372 g/mol. The zero-order valence-corrected chi connectivity index (χ0v) is 17.0. The summed E-state index contributed by atoms with van der Waals surface area (Å²) in [5.74, 6) is -1.80. The van der Waals surface area contributed by atoms with Gasteiger partial charge in [0.05, 0.1) is 5.56 Å². The van der Waals surface area contributed by atoms with Gasteiger partial charge in [-0.2, -0.15) is 13.2 Å². The summed E-state index contributed by atoms with van der Waals surface area (Å²) in [6.07, 6.45) is -4.91. The molecular formula is C20H31F3N2O. The standard InChI is InChI=1S/C20H31F3N2O/c1-12(2)24(13(3)4)16-9-10-18(25(14(5)6)15(7)8)17(11-16)19(26)20(21,22)23/h9-15H,1-8H3. The van der Waals surface area contributed by atoms with Crippen LogP contribution in [0, 0.1) is 0 Å². The fraction of sp³-hybridized carbons (Fsp3) is 0.650. The highest BCUT2D eigenvalue weighted by Gasteiger charge is 2.41. The molecule has 0 aliphatic carbocycles. The second kappa shape index (κ2) is 8.31. The molecule has 26 heavy (non-hydrogen) atoms. The quantitative estimate of drug-likeness (QED) is 0.576. The molecule has 0 fully saturated rings. The number of carbonyl (C=O) groups excluding carboxylic acids is 1. The number of hydrogen-bond acceptors (Lipinski definition) is 3. The first-order valence-electron chi connectivity index (χ1n) is 9.11. The van der Waals surface area contributed by atoms with Gasteiger partial charge in [0.15, 0.2) is 0 Å². The molecule has 1 aromatic carbocycles. The maximum Gasteiger partial charge on any atom is 0.454 e. The molecule has 6 heteroatoms. The third kappa shape index (κ3) is 4.92. The van der Waals surface area contributed by atoms with Crippen LogP contribution >= 0.6 is 0 Å². The van der Waals surface area contributed by atoms with Crippen LogP contribution in [0.5, 0.6) is 0 Å². The highest BCUT2D eigenvalue weighted by atomic mass is 19.4. The number of ketones is 1. The van der Waals surface area contributed by atoms with Gasteiger partial charge in [0.1, 0.15) is 0 Å². The van der Waals surface area contributed by atoms with Crippen molar-refractivity contribution in [3.8, 4) is 0 Å². The van der Waals surface area contributed by atoms with E-state index in [4.69, 9.17) is 0 Å². The Bertz CT molecular complexity index is 606. The number of anilines is 2. The Balaban J connectivity index is 3.65. The van der Waals surface area contributed by atoms with Gasteiger partial charge in [0.25, 0.3) is 5.78 Å². The fourth-order valence-electron chi connectivity index (χ4n) is 3.59. The lowest BCUT2D eigenvalue weighted by Gasteiger charge is -2.37. The van der Waals surface area contributed by atoms with Crippen molar-refractivity contribution in [3.63, 3.8) is 0 Å². The van der Waals surface area contributed by atoms with Gasteiger partial charge < -0.3 is 9.80 Å². The third-order valence-electron chi connectivity index (χ3n) is 4.28.